The van der Waals surface area contributed by atoms with Gasteiger partial charge in [-0.15, -0.1) is 0 Å². The van der Waals surface area contributed by atoms with Crippen LogP contribution in [0.4, 0.5) is 0 Å². The lowest BCUT2D eigenvalue weighted by atomic mass is 9.46. The molecule has 0 spiro atoms. The van der Waals surface area contributed by atoms with Gasteiger partial charge < -0.3 is 5.11 Å². The Labute approximate surface area is 186 Å². The number of aliphatic hydroxyl groups is 1. The predicted octanol–water partition coefficient (Wildman–Crippen LogP) is 7.72. The van der Waals surface area contributed by atoms with Crippen LogP contribution < -0.4 is 0 Å². The molecule has 30 heavy (non-hydrogen) atoms. The van der Waals surface area contributed by atoms with Crippen molar-refractivity contribution in [3.8, 4) is 0 Å². The van der Waals surface area contributed by atoms with E-state index in [1.807, 2.05) is 0 Å². The molecule has 0 amide bonds. The normalized spacial score (nSPS) is 42.8. The number of rotatable bonds is 5. The fraction of sp³-hybridized carbons (Fsp3) is 0.793. The summed E-state index contributed by atoms with van der Waals surface area (Å²) >= 11 is 0. The first-order valence-corrected chi connectivity index (χ1v) is 12.8. The van der Waals surface area contributed by atoms with E-state index in [1.54, 1.807) is 11.1 Å². The molecule has 1 heteroatoms. The van der Waals surface area contributed by atoms with Crippen LogP contribution in [-0.2, 0) is 0 Å². The summed E-state index contributed by atoms with van der Waals surface area (Å²) in [7, 11) is 0. The van der Waals surface area contributed by atoms with Crippen molar-refractivity contribution in [2.24, 2.45) is 45.8 Å². The maximum absolute atomic E-state index is 10.7. The average molecular weight is 411 g/mol. The number of fused-ring (bicyclic) bond motifs is 5. The first kappa shape index (κ1) is 22.4. The maximum Gasteiger partial charge on any atom is 0.0594 e. The minimum Gasteiger partial charge on any atom is -0.393 e. The zero-order valence-electron chi connectivity index (χ0n) is 20.7. The largest absolute Gasteiger partial charge is 0.393 e. The molecule has 1 nitrogen and oxygen atoms in total. The molecule has 0 aromatic carbocycles. The topological polar surface area (TPSA) is 20.2 Å². The van der Waals surface area contributed by atoms with Crippen LogP contribution in [0.5, 0.6) is 0 Å². The first-order chi connectivity index (χ1) is 14.0. The SMILES string of the molecule is CC(C)CCC[C@@H](C)[C@H]1C=C[C@@H]2C3=CC[C@H]4C(C)(C)[C@@H](O)CC[C@]4(C)C3=CC[C@@]21C. The molecule has 7 atom stereocenters. The molecule has 1 fully saturated rings. The summed E-state index contributed by atoms with van der Waals surface area (Å²) in [6, 6.07) is 0. The van der Waals surface area contributed by atoms with E-state index in [9.17, 15) is 5.11 Å². The highest BCUT2D eigenvalue weighted by atomic mass is 16.3. The van der Waals surface area contributed by atoms with E-state index in [4.69, 9.17) is 0 Å². The van der Waals surface area contributed by atoms with Gasteiger partial charge in [0.1, 0.15) is 0 Å². The minimum atomic E-state index is -0.164. The molecule has 1 saturated carbocycles. The Morgan fingerprint density at radius 1 is 1.03 bits per heavy atom. The number of hydrogen-bond donors (Lipinski definition) is 1. The molecule has 0 bridgehead atoms. The summed E-state index contributed by atoms with van der Waals surface area (Å²) < 4.78 is 0. The summed E-state index contributed by atoms with van der Waals surface area (Å²) in [4.78, 5) is 0. The Morgan fingerprint density at radius 2 is 1.77 bits per heavy atom. The second-order valence-electron chi connectivity index (χ2n) is 12.8. The molecule has 4 aliphatic rings. The Morgan fingerprint density at radius 3 is 2.47 bits per heavy atom. The van der Waals surface area contributed by atoms with Crippen LogP contribution in [0, 0.1) is 45.8 Å². The number of aliphatic hydroxyl groups excluding tert-OH is 1. The third-order valence-electron chi connectivity index (χ3n) is 10.1. The van der Waals surface area contributed by atoms with Crippen molar-refractivity contribution in [3.63, 3.8) is 0 Å². The highest BCUT2D eigenvalue weighted by Gasteiger charge is 2.57. The van der Waals surface area contributed by atoms with Crippen molar-refractivity contribution in [2.45, 2.75) is 99.5 Å². The molecule has 0 aliphatic heterocycles. The van der Waals surface area contributed by atoms with Crippen LogP contribution in [0.25, 0.3) is 0 Å². The third kappa shape index (κ3) is 3.30. The van der Waals surface area contributed by atoms with E-state index in [-0.39, 0.29) is 16.9 Å². The molecule has 4 aliphatic carbocycles. The van der Waals surface area contributed by atoms with Crippen LogP contribution in [0.15, 0.2) is 35.5 Å². The van der Waals surface area contributed by atoms with Crippen molar-refractivity contribution < 1.29 is 5.11 Å². The van der Waals surface area contributed by atoms with Crippen molar-refractivity contribution in [1.29, 1.82) is 0 Å². The summed E-state index contributed by atoms with van der Waals surface area (Å²) in [5.41, 5.74) is 3.85. The fourth-order valence-electron chi connectivity index (χ4n) is 8.04. The molecule has 1 N–H and O–H groups in total. The predicted molar refractivity (Wildman–Crippen MR) is 128 cm³/mol. The Bertz CT molecular complexity index is 752. The number of allylic oxidation sites excluding steroid dienone is 6. The van der Waals surface area contributed by atoms with Gasteiger partial charge in [0, 0.05) is 5.92 Å². The van der Waals surface area contributed by atoms with Gasteiger partial charge in [-0.3, -0.25) is 0 Å². The lowest BCUT2D eigenvalue weighted by Crippen LogP contribution is -2.53. The molecular formula is C29H46O. The molecule has 0 saturated heterocycles. The van der Waals surface area contributed by atoms with E-state index >= 15 is 0 Å². The van der Waals surface area contributed by atoms with Crippen molar-refractivity contribution in [1.82, 2.24) is 0 Å². The molecule has 4 rings (SSSR count). The zero-order valence-corrected chi connectivity index (χ0v) is 20.7. The van der Waals surface area contributed by atoms with Gasteiger partial charge in [0.05, 0.1) is 6.10 Å². The van der Waals surface area contributed by atoms with E-state index in [0.717, 1.165) is 31.1 Å². The van der Waals surface area contributed by atoms with Crippen molar-refractivity contribution in [2.75, 3.05) is 0 Å². The van der Waals surface area contributed by atoms with E-state index in [1.165, 1.54) is 25.7 Å². The minimum absolute atomic E-state index is 0.00437. The quantitative estimate of drug-likeness (QED) is 0.460. The van der Waals surface area contributed by atoms with Crippen molar-refractivity contribution >= 4 is 0 Å². The number of hydrogen-bond acceptors (Lipinski definition) is 1. The van der Waals surface area contributed by atoms with Gasteiger partial charge in [-0.05, 0) is 76.7 Å². The molecule has 0 heterocycles. The van der Waals surface area contributed by atoms with E-state index < -0.39 is 0 Å². The van der Waals surface area contributed by atoms with E-state index in [2.05, 4.69) is 72.8 Å². The first-order valence-electron chi connectivity index (χ1n) is 12.8. The van der Waals surface area contributed by atoms with Crippen LogP contribution >= 0.6 is 0 Å². The van der Waals surface area contributed by atoms with E-state index in [0.29, 0.717) is 23.2 Å². The molecule has 0 aromatic rings. The summed E-state index contributed by atoms with van der Waals surface area (Å²) in [6.07, 6.45) is 18.7. The Balaban J connectivity index is 1.59. The van der Waals surface area contributed by atoms with Crippen LogP contribution in [0.3, 0.4) is 0 Å². The maximum atomic E-state index is 10.7. The molecular weight excluding hydrogens is 364 g/mol. The van der Waals surface area contributed by atoms with Gasteiger partial charge in [-0.1, -0.05) is 92.0 Å². The van der Waals surface area contributed by atoms with Gasteiger partial charge in [-0.25, -0.2) is 0 Å². The highest BCUT2D eigenvalue weighted by molar-refractivity contribution is 5.49. The van der Waals surface area contributed by atoms with Crippen LogP contribution in [0.1, 0.15) is 93.4 Å². The summed E-state index contributed by atoms with van der Waals surface area (Å²) in [6.45, 7) is 16.9. The van der Waals surface area contributed by atoms with Gasteiger partial charge >= 0.3 is 0 Å². The van der Waals surface area contributed by atoms with Crippen molar-refractivity contribution in [3.05, 3.63) is 35.5 Å². The second-order valence-corrected chi connectivity index (χ2v) is 12.8. The van der Waals surface area contributed by atoms with Gasteiger partial charge in [0.15, 0.2) is 0 Å². The lowest BCUT2D eigenvalue weighted by molar-refractivity contribution is -0.0832. The smallest absolute Gasteiger partial charge is 0.0594 e. The monoisotopic (exact) mass is 410 g/mol. The van der Waals surface area contributed by atoms with Gasteiger partial charge in [-0.2, -0.15) is 0 Å². The standard InChI is InChI=1S/C29H46O/c1-19(2)9-8-10-20(3)22-12-13-23-21-11-14-25-27(4,5)26(30)16-18-29(25,7)24(21)15-17-28(22,23)6/h11-13,15,19-20,22-23,25-26,30H,8-10,14,16-18H2,1-7H3/t20-,22-,23-,25+,26+,28-,29-/m1/s1. The Kier molecular flexibility index (Phi) is 5.70. The zero-order chi connectivity index (χ0) is 21.9. The summed E-state index contributed by atoms with van der Waals surface area (Å²) in [5, 5.41) is 10.7. The van der Waals surface area contributed by atoms with Crippen LogP contribution in [0.2, 0.25) is 0 Å². The van der Waals surface area contributed by atoms with Crippen LogP contribution in [-0.4, -0.2) is 11.2 Å². The highest BCUT2D eigenvalue weighted by Crippen LogP contribution is 2.65. The molecule has 168 valence electrons. The lowest BCUT2D eigenvalue weighted by Gasteiger charge is -2.58. The molecule has 0 aromatic heterocycles. The molecule has 0 unspecified atom stereocenters. The average Bonchev–Trinajstić information content (AvgIpc) is 3.02. The van der Waals surface area contributed by atoms with Gasteiger partial charge in [0.25, 0.3) is 0 Å². The Hall–Kier alpha value is -0.820. The molecule has 0 radical (unpaired) electrons. The van der Waals surface area contributed by atoms with Gasteiger partial charge in [0.2, 0.25) is 0 Å². The third-order valence-corrected chi connectivity index (χ3v) is 10.1. The summed E-state index contributed by atoms with van der Waals surface area (Å²) in [5.74, 6) is 3.41. The fourth-order valence-corrected chi connectivity index (χ4v) is 8.04. The second kappa shape index (κ2) is 7.65.